The maximum Gasteiger partial charge on any atom is 0.307 e. The minimum atomic E-state index is -0.950. The van der Waals surface area contributed by atoms with Crippen LogP contribution in [0.5, 0.6) is 0 Å². The van der Waals surface area contributed by atoms with Gasteiger partial charge in [0.15, 0.2) is 0 Å². The van der Waals surface area contributed by atoms with E-state index in [9.17, 15) is 14.7 Å². The first-order chi connectivity index (χ1) is 8.97. The van der Waals surface area contributed by atoms with Crippen LogP contribution >= 0.6 is 0 Å². The highest BCUT2D eigenvalue weighted by Gasteiger charge is 2.35. The molecule has 1 aliphatic rings. The lowest BCUT2D eigenvalue weighted by molar-refractivity contribution is -0.150. The smallest absolute Gasteiger partial charge is 0.307 e. The molecule has 0 aromatic carbocycles. The number of carbonyl (C=O) groups is 2. The molecule has 0 aromatic heterocycles. The zero-order valence-corrected chi connectivity index (χ0v) is 11.3. The number of carboxylic acids is 1. The van der Waals surface area contributed by atoms with Gasteiger partial charge in [-0.25, -0.2) is 0 Å². The molecule has 0 radical (unpaired) electrons. The maximum atomic E-state index is 12.2. The molecule has 0 bridgehead atoms. The van der Waals surface area contributed by atoms with Gasteiger partial charge in [-0.05, 0) is 12.8 Å². The van der Waals surface area contributed by atoms with Crippen LogP contribution in [-0.2, 0) is 14.3 Å². The van der Waals surface area contributed by atoms with Crippen LogP contribution in [0.2, 0.25) is 0 Å². The van der Waals surface area contributed by atoms with E-state index in [2.05, 4.69) is 0 Å². The van der Waals surface area contributed by atoms with Crippen LogP contribution in [0.3, 0.4) is 0 Å². The molecule has 6 nitrogen and oxygen atoms in total. The van der Waals surface area contributed by atoms with E-state index in [1.54, 1.807) is 13.1 Å². The number of nitrogens with zero attached hydrogens (tertiary/aromatic N) is 1. The Morgan fingerprint density at radius 3 is 2.47 bits per heavy atom. The first-order valence-corrected chi connectivity index (χ1v) is 6.27. The molecule has 1 rings (SSSR count). The van der Waals surface area contributed by atoms with Crippen molar-refractivity contribution in [3.05, 3.63) is 12.2 Å². The van der Waals surface area contributed by atoms with Crippen molar-refractivity contribution in [2.45, 2.75) is 18.9 Å². The highest BCUT2D eigenvalue weighted by molar-refractivity contribution is 5.85. The van der Waals surface area contributed by atoms with Crippen LogP contribution in [0.1, 0.15) is 12.8 Å². The zero-order valence-electron chi connectivity index (χ0n) is 11.3. The molecule has 1 amide bonds. The number of aliphatic hydroxyl groups is 1. The lowest BCUT2D eigenvalue weighted by Gasteiger charge is -2.29. The average Bonchev–Trinajstić information content (AvgIpc) is 2.37. The van der Waals surface area contributed by atoms with E-state index in [1.807, 2.05) is 6.08 Å². The molecule has 0 aromatic rings. The van der Waals surface area contributed by atoms with Gasteiger partial charge in [-0.2, -0.15) is 0 Å². The average molecular weight is 271 g/mol. The van der Waals surface area contributed by atoms with E-state index in [-0.39, 0.29) is 19.1 Å². The fourth-order valence-corrected chi connectivity index (χ4v) is 2.29. The number of hydrogen-bond donors (Lipinski definition) is 2. The normalized spacial score (nSPS) is 23.9. The number of allylic oxidation sites excluding steroid dienone is 2. The van der Waals surface area contributed by atoms with Crippen molar-refractivity contribution in [3.63, 3.8) is 0 Å². The van der Waals surface area contributed by atoms with Crippen LogP contribution in [0.15, 0.2) is 12.2 Å². The number of carboxylic acid groups (broad SMARTS) is 1. The molecule has 19 heavy (non-hydrogen) atoms. The second-order valence-corrected chi connectivity index (χ2v) is 4.82. The van der Waals surface area contributed by atoms with Gasteiger partial charge in [0.2, 0.25) is 5.91 Å². The van der Waals surface area contributed by atoms with Crippen molar-refractivity contribution in [2.75, 3.05) is 27.3 Å². The lowest BCUT2D eigenvalue weighted by Crippen LogP contribution is -2.43. The number of methoxy groups -OCH3 is 1. The van der Waals surface area contributed by atoms with Crippen molar-refractivity contribution in [1.29, 1.82) is 0 Å². The minimum Gasteiger partial charge on any atom is -0.481 e. The topological polar surface area (TPSA) is 87.1 Å². The van der Waals surface area contributed by atoms with Crippen LogP contribution in [0, 0.1) is 11.8 Å². The molecule has 6 heteroatoms. The van der Waals surface area contributed by atoms with Gasteiger partial charge in [-0.3, -0.25) is 9.59 Å². The van der Waals surface area contributed by atoms with Gasteiger partial charge in [0, 0.05) is 20.7 Å². The van der Waals surface area contributed by atoms with Crippen molar-refractivity contribution >= 4 is 11.9 Å². The van der Waals surface area contributed by atoms with Crippen LogP contribution in [0.25, 0.3) is 0 Å². The molecule has 0 heterocycles. The van der Waals surface area contributed by atoms with Crippen molar-refractivity contribution in [3.8, 4) is 0 Å². The number of amides is 1. The SMILES string of the molecule is COCC(O)CN(C)C(=O)[C@@H]1CC=CC[C@@H]1C(=O)O. The monoisotopic (exact) mass is 271 g/mol. The molecule has 1 unspecified atom stereocenters. The molecule has 1 aliphatic carbocycles. The van der Waals surface area contributed by atoms with E-state index in [1.165, 1.54) is 12.0 Å². The number of ether oxygens (including phenoxy) is 1. The second kappa shape index (κ2) is 7.25. The molecular weight excluding hydrogens is 250 g/mol. The number of rotatable bonds is 6. The zero-order chi connectivity index (χ0) is 14.4. The Balaban J connectivity index is 2.64. The van der Waals surface area contributed by atoms with E-state index in [0.717, 1.165) is 0 Å². The Kier molecular flexibility index (Phi) is 5.98. The molecule has 0 aliphatic heterocycles. The van der Waals surface area contributed by atoms with Gasteiger partial charge in [0.1, 0.15) is 0 Å². The van der Waals surface area contributed by atoms with E-state index < -0.39 is 23.9 Å². The van der Waals surface area contributed by atoms with Gasteiger partial charge in [-0.1, -0.05) is 12.2 Å². The fraction of sp³-hybridized carbons (Fsp3) is 0.692. The summed E-state index contributed by atoms with van der Waals surface area (Å²) in [6.45, 7) is 0.282. The summed E-state index contributed by atoms with van der Waals surface area (Å²) in [5.74, 6) is -2.43. The third-order valence-electron chi connectivity index (χ3n) is 3.29. The van der Waals surface area contributed by atoms with E-state index in [4.69, 9.17) is 9.84 Å². The van der Waals surface area contributed by atoms with Crippen LogP contribution in [0.4, 0.5) is 0 Å². The molecular formula is C13H21NO5. The molecule has 0 fully saturated rings. The second-order valence-electron chi connectivity index (χ2n) is 4.82. The summed E-state index contributed by atoms with van der Waals surface area (Å²) in [6.07, 6.45) is 3.67. The van der Waals surface area contributed by atoms with Gasteiger partial charge >= 0.3 is 5.97 Å². The standard InChI is InChI=1S/C13H21NO5/c1-14(7-9(15)8-19-2)12(16)10-5-3-4-6-11(10)13(17)18/h3-4,9-11,15H,5-8H2,1-2H3,(H,17,18)/t9?,10-,11+/m1/s1. The first kappa shape index (κ1) is 15.7. The Bertz CT molecular complexity index is 355. The third kappa shape index (κ3) is 4.33. The number of carbonyl (C=O) groups excluding carboxylic acids is 1. The molecule has 108 valence electrons. The summed E-state index contributed by atoms with van der Waals surface area (Å²) in [4.78, 5) is 24.8. The van der Waals surface area contributed by atoms with Gasteiger partial charge in [0.25, 0.3) is 0 Å². The number of aliphatic carboxylic acids is 1. The van der Waals surface area contributed by atoms with Crippen LogP contribution in [-0.4, -0.2) is 60.4 Å². The Morgan fingerprint density at radius 1 is 1.37 bits per heavy atom. The highest BCUT2D eigenvalue weighted by Crippen LogP contribution is 2.27. The first-order valence-electron chi connectivity index (χ1n) is 6.27. The lowest BCUT2D eigenvalue weighted by atomic mass is 9.82. The van der Waals surface area contributed by atoms with Crippen molar-refractivity contribution in [2.24, 2.45) is 11.8 Å². The summed E-state index contributed by atoms with van der Waals surface area (Å²) >= 11 is 0. The van der Waals surface area contributed by atoms with Crippen molar-refractivity contribution < 1.29 is 24.5 Å². The van der Waals surface area contributed by atoms with Crippen molar-refractivity contribution in [1.82, 2.24) is 4.90 Å². The highest BCUT2D eigenvalue weighted by atomic mass is 16.5. The number of hydrogen-bond acceptors (Lipinski definition) is 4. The fourth-order valence-electron chi connectivity index (χ4n) is 2.29. The molecule has 2 N–H and O–H groups in total. The Labute approximate surface area is 112 Å². The van der Waals surface area contributed by atoms with E-state index >= 15 is 0 Å². The summed E-state index contributed by atoms with van der Waals surface area (Å²) in [6, 6.07) is 0. The van der Waals surface area contributed by atoms with Crippen LogP contribution < -0.4 is 0 Å². The quantitative estimate of drug-likeness (QED) is 0.670. The minimum absolute atomic E-state index is 0.138. The Morgan fingerprint density at radius 2 is 1.95 bits per heavy atom. The predicted molar refractivity (Wildman–Crippen MR) is 68.5 cm³/mol. The number of aliphatic hydroxyl groups excluding tert-OH is 1. The summed E-state index contributed by atoms with van der Waals surface area (Å²) < 4.78 is 4.80. The molecule has 3 atom stereocenters. The molecule has 0 saturated carbocycles. The summed E-state index contributed by atoms with van der Waals surface area (Å²) in [7, 11) is 3.04. The largest absolute Gasteiger partial charge is 0.481 e. The summed E-state index contributed by atoms with van der Waals surface area (Å²) in [5.41, 5.74) is 0. The van der Waals surface area contributed by atoms with Gasteiger partial charge < -0.3 is 19.8 Å². The third-order valence-corrected chi connectivity index (χ3v) is 3.29. The summed E-state index contributed by atoms with van der Waals surface area (Å²) in [5, 5.41) is 18.7. The van der Waals surface area contributed by atoms with E-state index in [0.29, 0.717) is 12.8 Å². The molecule has 0 spiro atoms. The molecule has 0 saturated heterocycles. The van der Waals surface area contributed by atoms with Gasteiger partial charge in [-0.15, -0.1) is 0 Å². The maximum absolute atomic E-state index is 12.2. The predicted octanol–water partition coefficient (Wildman–Crippen LogP) is 0.119. The number of likely N-dealkylation sites (N-methyl/N-ethyl adjacent to an activating group) is 1. The Hall–Kier alpha value is -1.40. The van der Waals surface area contributed by atoms with Gasteiger partial charge in [0.05, 0.1) is 24.5 Å².